The molecule has 1 atom stereocenters. The second-order valence-electron chi connectivity index (χ2n) is 10.4. The predicted molar refractivity (Wildman–Crippen MR) is 165 cm³/mol. The Morgan fingerprint density at radius 3 is 2.05 bits per heavy atom. The number of nitrogens with one attached hydrogen (secondary N) is 1. The van der Waals surface area contributed by atoms with Crippen LogP contribution in [0.5, 0.6) is 0 Å². The summed E-state index contributed by atoms with van der Waals surface area (Å²) in [5, 5.41) is 3.63. The van der Waals surface area contributed by atoms with Crippen LogP contribution in [0.1, 0.15) is 31.9 Å². The molecule has 0 unspecified atom stereocenters. The van der Waals surface area contributed by atoms with Crippen LogP contribution >= 0.6 is 39.1 Å². The molecule has 40 heavy (non-hydrogen) atoms. The van der Waals surface area contributed by atoms with E-state index in [4.69, 9.17) is 23.2 Å². The summed E-state index contributed by atoms with van der Waals surface area (Å²) in [6, 6.07) is 20.0. The summed E-state index contributed by atoms with van der Waals surface area (Å²) in [7, 11) is -3.89. The van der Waals surface area contributed by atoms with E-state index < -0.39 is 34.1 Å². The number of nitrogens with zero attached hydrogens (tertiary/aromatic N) is 2. The Hall–Kier alpha value is -2.59. The molecule has 0 aliphatic carbocycles. The van der Waals surface area contributed by atoms with Crippen molar-refractivity contribution in [3.8, 4) is 0 Å². The van der Waals surface area contributed by atoms with Crippen molar-refractivity contribution >= 4 is 66.7 Å². The summed E-state index contributed by atoms with van der Waals surface area (Å²) in [4.78, 5) is 29.3. The van der Waals surface area contributed by atoms with Gasteiger partial charge in [0.15, 0.2) is 0 Å². The lowest BCUT2D eigenvalue weighted by atomic mass is 10.0. The number of hydrogen-bond acceptors (Lipinski definition) is 4. The molecule has 2 amide bonds. The zero-order chi connectivity index (χ0) is 29.7. The SMILES string of the molecule is CC(C)(C)NC(=O)[C@H](Cc1ccccc1)N(Cc1c(Cl)cccc1Cl)C(=O)CN(c1ccccc1Br)S(C)(=O)=O. The second-order valence-corrected chi connectivity index (χ2v) is 14.0. The normalized spacial score (nSPS) is 12.5. The van der Waals surface area contributed by atoms with Gasteiger partial charge < -0.3 is 10.2 Å². The van der Waals surface area contributed by atoms with Gasteiger partial charge in [-0.05, 0) is 66.5 Å². The minimum atomic E-state index is -3.89. The Labute approximate surface area is 254 Å². The molecule has 0 fully saturated rings. The molecule has 0 aliphatic heterocycles. The van der Waals surface area contributed by atoms with Gasteiger partial charge in [0, 0.05) is 38.6 Å². The van der Waals surface area contributed by atoms with Crippen molar-refractivity contribution in [2.45, 2.75) is 45.3 Å². The maximum absolute atomic E-state index is 14.2. The van der Waals surface area contributed by atoms with Crippen molar-refractivity contribution in [3.63, 3.8) is 0 Å². The third kappa shape index (κ3) is 8.70. The minimum absolute atomic E-state index is 0.111. The van der Waals surface area contributed by atoms with Gasteiger partial charge in [0.2, 0.25) is 21.8 Å². The Bertz CT molecular complexity index is 1440. The first-order chi connectivity index (χ1) is 18.7. The van der Waals surface area contributed by atoms with Gasteiger partial charge in [-0.3, -0.25) is 13.9 Å². The molecule has 214 valence electrons. The summed E-state index contributed by atoms with van der Waals surface area (Å²) in [5.74, 6) is -0.984. The van der Waals surface area contributed by atoms with Crippen LogP contribution in [0.4, 0.5) is 5.69 Å². The third-order valence-electron chi connectivity index (χ3n) is 5.96. The number of halogens is 3. The fraction of sp³-hybridized carbons (Fsp3) is 0.310. The van der Waals surface area contributed by atoms with Crippen LogP contribution in [-0.4, -0.2) is 49.5 Å². The largest absolute Gasteiger partial charge is 0.350 e. The molecule has 0 saturated heterocycles. The van der Waals surface area contributed by atoms with Crippen molar-refractivity contribution in [1.82, 2.24) is 10.2 Å². The molecular formula is C29H32BrCl2N3O4S. The molecule has 3 aromatic carbocycles. The molecule has 1 N–H and O–H groups in total. The third-order valence-corrected chi connectivity index (χ3v) is 8.47. The Morgan fingerprint density at radius 1 is 0.925 bits per heavy atom. The number of carbonyl (C=O) groups excluding carboxylic acids is 2. The standard InChI is InChI=1S/C29H32BrCl2N3O4S/c1-29(2,3)33-28(37)26(17-20-11-6-5-7-12-20)34(18-21-23(31)14-10-15-24(21)32)27(36)19-35(40(4,38)39)25-16-9-8-13-22(25)30/h5-16,26H,17-19H2,1-4H3,(H,33,37)/t26-/m0/s1. The topological polar surface area (TPSA) is 86.8 Å². The quantitative estimate of drug-likeness (QED) is 0.284. The molecule has 3 aromatic rings. The van der Waals surface area contributed by atoms with E-state index in [2.05, 4.69) is 21.2 Å². The van der Waals surface area contributed by atoms with Gasteiger partial charge in [0.25, 0.3) is 0 Å². The summed E-state index contributed by atoms with van der Waals surface area (Å²) in [6.45, 7) is 4.89. The van der Waals surface area contributed by atoms with Crippen LogP contribution in [0.3, 0.4) is 0 Å². The van der Waals surface area contributed by atoms with E-state index in [1.165, 1.54) is 4.90 Å². The lowest BCUT2D eigenvalue weighted by Gasteiger charge is -2.35. The van der Waals surface area contributed by atoms with E-state index in [1.807, 2.05) is 51.1 Å². The average molecular weight is 669 g/mol. The van der Waals surface area contributed by atoms with Crippen LogP contribution < -0.4 is 9.62 Å². The van der Waals surface area contributed by atoms with Crippen LogP contribution in [0, 0.1) is 0 Å². The number of carbonyl (C=O) groups is 2. The Morgan fingerprint density at radius 2 is 1.50 bits per heavy atom. The lowest BCUT2D eigenvalue weighted by Crippen LogP contribution is -2.56. The van der Waals surface area contributed by atoms with E-state index >= 15 is 0 Å². The summed E-state index contributed by atoms with van der Waals surface area (Å²) in [6.07, 6.45) is 1.22. The predicted octanol–water partition coefficient (Wildman–Crippen LogP) is 6.08. The highest BCUT2D eigenvalue weighted by atomic mass is 79.9. The van der Waals surface area contributed by atoms with Crippen molar-refractivity contribution in [3.05, 3.63) is 98.4 Å². The molecule has 7 nitrogen and oxygen atoms in total. The fourth-order valence-electron chi connectivity index (χ4n) is 4.11. The second kappa shape index (κ2) is 13.4. The van der Waals surface area contributed by atoms with Gasteiger partial charge in [-0.2, -0.15) is 0 Å². The Balaban J connectivity index is 2.13. The van der Waals surface area contributed by atoms with Crippen molar-refractivity contribution in [2.75, 3.05) is 17.1 Å². The number of hydrogen-bond donors (Lipinski definition) is 1. The summed E-state index contributed by atoms with van der Waals surface area (Å²) < 4.78 is 27.3. The molecule has 0 heterocycles. The maximum atomic E-state index is 14.2. The highest BCUT2D eigenvalue weighted by Gasteiger charge is 2.35. The zero-order valence-corrected chi connectivity index (χ0v) is 26.6. The van der Waals surface area contributed by atoms with Gasteiger partial charge >= 0.3 is 0 Å². The van der Waals surface area contributed by atoms with Crippen LogP contribution in [0.25, 0.3) is 0 Å². The first kappa shape index (κ1) is 31.9. The molecule has 0 aromatic heterocycles. The van der Waals surface area contributed by atoms with Gasteiger partial charge in [0.05, 0.1) is 11.9 Å². The number of amides is 2. The molecule has 0 aliphatic rings. The molecule has 0 bridgehead atoms. The number of benzene rings is 3. The van der Waals surface area contributed by atoms with Crippen LogP contribution in [-0.2, 0) is 32.6 Å². The van der Waals surface area contributed by atoms with E-state index in [0.717, 1.165) is 16.1 Å². The van der Waals surface area contributed by atoms with Crippen molar-refractivity contribution in [1.29, 1.82) is 0 Å². The van der Waals surface area contributed by atoms with Gasteiger partial charge in [0.1, 0.15) is 12.6 Å². The van der Waals surface area contributed by atoms with E-state index in [1.54, 1.807) is 42.5 Å². The number of rotatable bonds is 10. The fourth-order valence-corrected chi connectivity index (χ4v) is 6.10. The first-order valence-electron chi connectivity index (χ1n) is 12.5. The highest BCUT2D eigenvalue weighted by Crippen LogP contribution is 2.30. The van der Waals surface area contributed by atoms with E-state index in [0.29, 0.717) is 25.8 Å². The number of para-hydroxylation sites is 1. The smallest absolute Gasteiger partial charge is 0.244 e. The van der Waals surface area contributed by atoms with Crippen LogP contribution in [0.2, 0.25) is 10.0 Å². The monoisotopic (exact) mass is 667 g/mol. The highest BCUT2D eigenvalue weighted by molar-refractivity contribution is 9.10. The van der Waals surface area contributed by atoms with Gasteiger partial charge in [-0.15, -0.1) is 0 Å². The molecular weight excluding hydrogens is 637 g/mol. The molecule has 3 rings (SSSR count). The first-order valence-corrected chi connectivity index (χ1v) is 15.9. The molecule has 0 radical (unpaired) electrons. The van der Waals surface area contributed by atoms with Crippen molar-refractivity contribution < 1.29 is 18.0 Å². The lowest BCUT2D eigenvalue weighted by molar-refractivity contribution is -0.140. The average Bonchev–Trinajstić information content (AvgIpc) is 2.85. The van der Waals surface area contributed by atoms with E-state index in [-0.39, 0.29) is 18.9 Å². The summed E-state index contributed by atoms with van der Waals surface area (Å²) in [5.41, 5.74) is 0.988. The Kier molecular flexibility index (Phi) is 10.7. The van der Waals surface area contributed by atoms with Gasteiger partial charge in [-0.25, -0.2) is 8.42 Å². The molecule has 0 saturated carbocycles. The minimum Gasteiger partial charge on any atom is -0.350 e. The number of sulfonamides is 1. The zero-order valence-electron chi connectivity index (χ0n) is 22.7. The van der Waals surface area contributed by atoms with Crippen LogP contribution in [0.15, 0.2) is 77.3 Å². The van der Waals surface area contributed by atoms with Crippen molar-refractivity contribution in [2.24, 2.45) is 0 Å². The van der Waals surface area contributed by atoms with Gasteiger partial charge in [-0.1, -0.05) is 71.7 Å². The summed E-state index contributed by atoms with van der Waals surface area (Å²) >= 11 is 16.4. The molecule has 11 heteroatoms. The number of anilines is 1. The molecule has 0 spiro atoms. The van der Waals surface area contributed by atoms with E-state index in [9.17, 15) is 18.0 Å². The maximum Gasteiger partial charge on any atom is 0.244 e.